The topological polar surface area (TPSA) is 34.1 Å². The smallest absolute Gasteiger partial charge is 0.168 e. The molecule has 3 rings (SSSR count). The highest BCUT2D eigenvalue weighted by Crippen LogP contribution is 2.66. The molecule has 4 heteroatoms. The third-order valence-corrected chi connectivity index (χ3v) is 8.76. The fraction of sp³-hybridized carbons (Fsp3) is 0.857. The second kappa shape index (κ2) is 3.99. The van der Waals surface area contributed by atoms with Gasteiger partial charge in [0.05, 0.1) is 5.75 Å². The lowest BCUT2D eigenvalue weighted by molar-refractivity contribution is 0.0655. The van der Waals surface area contributed by atoms with Gasteiger partial charge < -0.3 is 0 Å². The Morgan fingerprint density at radius 1 is 1.28 bits per heavy atom. The van der Waals surface area contributed by atoms with Crippen LogP contribution in [0.3, 0.4) is 0 Å². The van der Waals surface area contributed by atoms with Gasteiger partial charge in [-0.2, -0.15) is 0 Å². The monoisotopic (exact) mass is 288 g/mol. The Kier molecular flexibility index (Phi) is 2.88. The highest BCUT2D eigenvalue weighted by molar-refractivity contribution is 7.93. The zero-order valence-electron chi connectivity index (χ0n) is 10.9. The second-order valence-corrected chi connectivity index (χ2v) is 9.33. The molecular weight excluding hydrogens is 268 g/mol. The quantitative estimate of drug-likeness (QED) is 0.503. The lowest BCUT2D eigenvalue weighted by Crippen LogP contribution is -2.44. The fourth-order valence-corrected chi connectivity index (χ4v) is 7.88. The molecule has 0 radical (unpaired) electrons. The Labute approximate surface area is 115 Å². The summed E-state index contributed by atoms with van der Waals surface area (Å²) in [4.78, 5) is 0. The summed E-state index contributed by atoms with van der Waals surface area (Å²) in [5, 5.41) is 0. The minimum atomic E-state index is -3.12. The van der Waals surface area contributed by atoms with Gasteiger partial charge in [0.2, 0.25) is 0 Å². The fourth-order valence-electron chi connectivity index (χ4n) is 4.66. The molecule has 18 heavy (non-hydrogen) atoms. The van der Waals surface area contributed by atoms with Gasteiger partial charge in [-0.1, -0.05) is 30.9 Å². The molecule has 0 aromatic carbocycles. The predicted octanol–water partition coefficient (Wildman–Crippen LogP) is 3.66. The number of allylic oxidation sites excluding steroid dienone is 2. The Balaban J connectivity index is 2.16. The van der Waals surface area contributed by atoms with Gasteiger partial charge in [-0.3, -0.25) is 0 Å². The van der Waals surface area contributed by atoms with Gasteiger partial charge >= 0.3 is 0 Å². The van der Waals surface area contributed by atoms with E-state index in [1.165, 1.54) is 12.0 Å². The van der Waals surface area contributed by atoms with Crippen LogP contribution in [0.2, 0.25) is 0 Å². The number of alkyl halides is 1. The second-order valence-electron chi connectivity index (χ2n) is 6.55. The average Bonchev–Trinajstić information content (AvgIpc) is 2.42. The van der Waals surface area contributed by atoms with Gasteiger partial charge in [0.15, 0.2) is 9.84 Å². The molecule has 0 aromatic rings. The number of halogens is 1. The first kappa shape index (κ1) is 13.0. The molecule has 1 saturated heterocycles. The van der Waals surface area contributed by atoms with E-state index in [2.05, 4.69) is 13.0 Å². The molecule has 0 aromatic heterocycles. The van der Waals surface area contributed by atoms with Crippen molar-refractivity contribution < 1.29 is 8.42 Å². The molecule has 3 aliphatic rings. The van der Waals surface area contributed by atoms with E-state index < -0.39 is 14.5 Å². The number of hydrogen-bond acceptors (Lipinski definition) is 2. The molecule has 2 aliphatic carbocycles. The van der Waals surface area contributed by atoms with Gasteiger partial charge in [0.25, 0.3) is 0 Å². The standard InChI is InChI=1S/C14H21ClO2S/c1-11-5-8-14-7-4-2-3-6-13(14,9-11)10-18(16,17)12(14)15/h5,12H,2-4,6-10H2,1H3/t12-,13-,14-/m0/s1. The van der Waals surface area contributed by atoms with Crippen LogP contribution in [0.4, 0.5) is 0 Å². The van der Waals surface area contributed by atoms with Crippen LogP contribution in [0.1, 0.15) is 51.9 Å². The Morgan fingerprint density at radius 3 is 2.78 bits per heavy atom. The van der Waals surface area contributed by atoms with Crippen LogP contribution in [0.5, 0.6) is 0 Å². The lowest BCUT2D eigenvalue weighted by atomic mass is 9.56. The van der Waals surface area contributed by atoms with E-state index in [1.807, 2.05) is 0 Å². The van der Waals surface area contributed by atoms with Crippen molar-refractivity contribution in [3.63, 3.8) is 0 Å². The summed E-state index contributed by atoms with van der Waals surface area (Å²) in [5.74, 6) is 0.319. The molecule has 102 valence electrons. The zero-order valence-corrected chi connectivity index (χ0v) is 12.5. The Hall–Kier alpha value is -0.0200. The molecule has 0 amide bonds. The first-order chi connectivity index (χ1) is 8.42. The summed E-state index contributed by atoms with van der Waals surface area (Å²) in [5.41, 5.74) is 1.12. The van der Waals surface area contributed by atoms with Crippen molar-refractivity contribution in [1.82, 2.24) is 0 Å². The molecule has 1 aliphatic heterocycles. The molecular formula is C14H21ClO2S. The maximum atomic E-state index is 12.3. The molecule has 3 atom stereocenters. The maximum absolute atomic E-state index is 12.3. The number of rotatable bonds is 0. The molecule has 0 spiro atoms. The van der Waals surface area contributed by atoms with E-state index in [0.29, 0.717) is 5.75 Å². The minimum Gasteiger partial charge on any atom is -0.227 e. The van der Waals surface area contributed by atoms with Crippen molar-refractivity contribution in [3.05, 3.63) is 11.6 Å². The van der Waals surface area contributed by atoms with Crippen LogP contribution in [0.25, 0.3) is 0 Å². The van der Waals surface area contributed by atoms with Gasteiger partial charge in [0.1, 0.15) is 4.71 Å². The van der Waals surface area contributed by atoms with Crippen molar-refractivity contribution in [2.24, 2.45) is 10.8 Å². The minimum absolute atomic E-state index is 0.0619. The molecule has 1 saturated carbocycles. The van der Waals surface area contributed by atoms with Crippen LogP contribution in [-0.4, -0.2) is 18.9 Å². The third-order valence-electron chi connectivity index (χ3n) is 5.49. The molecule has 2 nitrogen and oxygen atoms in total. The van der Waals surface area contributed by atoms with Gasteiger partial charge in [-0.25, -0.2) is 8.42 Å². The van der Waals surface area contributed by atoms with Crippen LogP contribution in [-0.2, 0) is 9.84 Å². The summed E-state index contributed by atoms with van der Waals surface area (Å²) in [6.07, 6.45) is 9.60. The zero-order chi connectivity index (χ0) is 13.0. The molecule has 1 heterocycles. The first-order valence-corrected chi connectivity index (χ1v) is 9.08. The summed E-state index contributed by atoms with van der Waals surface area (Å²) < 4.78 is 24.0. The summed E-state index contributed by atoms with van der Waals surface area (Å²) >= 11 is 6.44. The Bertz CT molecular complexity index is 496. The van der Waals surface area contributed by atoms with Crippen molar-refractivity contribution in [2.75, 3.05) is 5.75 Å². The van der Waals surface area contributed by atoms with Crippen molar-refractivity contribution in [1.29, 1.82) is 0 Å². The van der Waals surface area contributed by atoms with E-state index in [-0.39, 0.29) is 10.8 Å². The van der Waals surface area contributed by atoms with Gasteiger partial charge in [-0.15, -0.1) is 11.6 Å². The highest BCUT2D eigenvalue weighted by atomic mass is 35.5. The third kappa shape index (κ3) is 1.56. The van der Waals surface area contributed by atoms with Gasteiger partial charge in [-0.05, 0) is 38.0 Å². The van der Waals surface area contributed by atoms with E-state index in [0.717, 1.165) is 38.5 Å². The molecule has 2 fully saturated rings. The predicted molar refractivity (Wildman–Crippen MR) is 74.4 cm³/mol. The molecule has 0 bridgehead atoms. The Morgan fingerprint density at radius 2 is 2.00 bits per heavy atom. The van der Waals surface area contributed by atoms with Crippen LogP contribution in [0, 0.1) is 10.8 Å². The van der Waals surface area contributed by atoms with Crippen LogP contribution >= 0.6 is 11.6 Å². The molecule has 0 unspecified atom stereocenters. The van der Waals surface area contributed by atoms with Crippen molar-refractivity contribution in [2.45, 2.75) is 56.6 Å². The van der Waals surface area contributed by atoms with Crippen molar-refractivity contribution >= 4 is 21.4 Å². The van der Waals surface area contributed by atoms with E-state index in [1.54, 1.807) is 0 Å². The van der Waals surface area contributed by atoms with Crippen LogP contribution in [0.15, 0.2) is 11.6 Å². The molecule has 0 N–H and O–H groups in total. The highest BCUT2D eigenvalue weighted by Gasteiger charge is 2.66. The SMILES string of the molecule is CC1=CC[C@]23CCCCC[C@]2(C1)CS(=O)(=O)[C@@H]3Cl. The van der Waals surface area contributed by atoms with E-state index in [4.69, 9.17) is 11.6 Å². The summed E-state index contributed by atoms with van der Waals surface area (Å²) in [6.45, 7) is 2.14. The number of hydrogen-bond donors (Lipinski definition) is 0. The normalized spacial score (nSPS) is 46.8. The maximum Gasteiger partial charge on any atom is 0.168 e. The van der Waals surface area contributed by atoms with Crippen LogP contribution < -0.4 is 0 Å². The summed E-state index contributed by atoms with van der Waals surface area (Å²) in [6, 6.07) is 0. The van der Waals surface area contributed by atoms with E-state index >= 15 is 0 Å². The van der Waals surface area contributed by atoms with E-state index in [9.17, 15) is 8.42 Å². The summed E-state index contributed by atoms with van der Waals surface area (Å²) in [7, 11) is -3.12. The number of sulfone groups is 1. The lowest BCUT2D eigenvalue weighted by Gasteiger charge is -2.48. The first-order valence-electron chi connectivity index (χ1n) is 6.93. The average molecular weight is 289 g/mol. The largest absolute Gasteiger partial charge is 0.227 e. The van der Waals surface area contributed by atoms with Gasteiger partial charge in [0, 0.05) is 5.41 Å². The van der Waals surface area contributed by atoms with Crippen molar-refractivity contribution in [3.8, 4) is 0 Å².